The van der Waals surface area contributed by atoms with Crippen LogP contribution >= 0.6 is 11.8 Å². The Kier molecular flexibility index (Phi) is 9.92. The van der Waals surface area contributed by atoms with Crippen molar-refractivity contribution in [1.82, 2.24) is 4.90 Å². The highest BCUT2D eigenvalue weighted by molar-refractivity contribution is 8.15. The predicted molar refractivity (Wildman–Crippen MR) is 151 cm³/mol. The number of hydrogen-bond donors (Lipinski definition) is 1. The van der Waals surface area contributed by atoms with Crippen molar-refractivity contribution in [3.8, 4) is 5.75 Å². The Bertz CT molecular complexity index is 1230. The van der Waals surface area contributed by atoms with E-state index in [4.69, 9.17) is 4.74 Å². The first-order valence-electron chi connectivity index (χ1n) is 12.9. The van der Waals surface area contributed by atoms with Crippen molar-refractivity contribution in [2.75, 3.05) is 11.9 Å². The Balaban J connectivity index is 1.43. The Morgan fingerprint density at radius 2 is 1.76 bits per heavy atom. The average Bonchev–Trinajstić information content (AvgIpc) is 2.93. The van der Waals surface area contributed by atoms with Gasteiger partial charge in [-0.25, -0.2) is 9.38 Å². The predicted octanol–water partition coefficient (Wildman–Crippen LogP) is 6.95. The monoisotopic (exact) mass is 533 g/mol. The first-order valence-corrected chi connectivity index (χ1v) is 13.8. The number of rotatable bonds is 11. The fraction of sp³-hybridized carbons (Fsp3) is 0.300. The van der Waals surface area contributed by atoms with Gasteiger partial charge in [0, 0.05) is 12.1 Å². The van der Waals surface area contributed by atoms with Crippen LogP contribution in [-0.4, -0.2) is 33.7 Å². The summed E-state index contributed by atoms with van der Waals surface area (Å²) in [5, 5.41) is 2.67. The van der Waals surface area contributed by atoms with Crippen molar-refractivity contribution in [2.24, 2.45) is 4.99 Å². The number of carbonyl (C=O) groups is 2. The lowest BCUT2D eigenvalue weighted by Gasteiger charge is -2.32. The first kappa shape index (κ1) is 27.4. The number of nitrogens with zero attached hydrogens (tertiary/aromatic N) is 2. The Hall–Kier alpha value is -3.65. The number of ether oxygens (including phenoxy) is 1. The van der Waals surface area contributed by atoms with E-state index >= 15 is 0 Å². The molecule has 3 aromatic rings. The van der Waals surface area contributed by atoms with E-state index in [1.54, 1.807) is 29.2 Å². The largest absolute Gasteiger partial charge is 0.494 e. The van der Waals surface area contributed by atoms with Gasteiger partial charge in [-0.15, -0.1) is 0 Å². The molecule has 1 N–H and O–H groups in total. The zero-order valence-electron chi connectivity index (χ0n) is 21.4. The minimum Gasteiger partial charge on any atom is -0.494 e. The first-order chi connectivity index (χ1) is 18.5. The normalized spacial score (nSPS) is 16.5. The molecule has 1 aliphatic heterocycles. The van der Waals surface area contributed by atoms with E-state index in [9.17, 15) is 14.0 Å². The molecule has 0 aliphatic carbocycles. The molecule has 1 heterocycles. The van der Waals surface area contributed by atoms with Crippen LogP contribution in [0.4, 0.5) is 15.8 Å². The van der Waals surface area contributed by atoms with Crippen molar-refractivity contribution in [3.63, 3.8) is 0 Å². The molecule has 3 aromatic carbocycles. The number of amidine groups is 1. The van der Waals surface area contributed by atoms with Gasteiger partial charge in [0.05, 0.1) is 18.8 Å². The van der Waals surface area contributed by atoms with Crippen molar-refractivity contribution in [2.45, 2.75) is 50.8 Å². The van der Waals surface area contributed by atoms with Crippen LogP contribution in [0.5, 0.6) is 5.75 Å². The van der Waals surface area contributed by atoms with Crippen LogP contribution in [0.1, 0.15) is 44.6 Å². The van der Waals surface area contributed by atoms with Gasteiger partial charge in [0.1, 0.15) is 16.8 Å². The van der Waals surface area contributed by atoms with Gasteiger partial charge in [-0.3, -0.25) is 14.5 Å². The minimum absolute atomic E-state index is 0.0464. The molecule has 0 aromatic heterocycles. The summed E-state index contributed by atoms with van der Waals surface area (Å²) in [7, 11) is 0. The number of carbonyl (C=O) groups excluding carboxylic acids is 2. The summed E-state index contributed by atoms with van der Waals surface area (Å²) in [4.78, 5) is 32.5. The molecule has 1 unspecified atom stereocenters. The fourth-order valence-corrected chi connectivity index (χ4v) is 5.06. The van der Waals surface area contributed by atoms with Gasteiger partial charge in [-0.1, -0.05) is 68.3 Å². The van der Waals surface area contributed by atoms with E-state index in [1.165, 1.54) is 36.7 Å². The molecule has 1 aliphatic rings. The van der Waals surface area contributed by atoms with Crippen LogP contribution in [0.3, 0.4) is 0 Å². The zero-order chi connectivity index (χ0) is 26.7. The summed E-state index contributed by atoms with van der Waals surface area (Å²) >= 11 is 1.23. The Morgan fingerprint density at radius 3 is 2.47 bits per heavy atom. The number of anilines is 1. The molecule has 0 radical (unpaired) electrons. The van der Waals surface area contributed by atoms with E-state index in [2.05, 4.69) is 17.2 Å². The Morgan fingerprint density at radius 1 is 1.03 bits per heavy atom. The van der Waals surface area contributed by atoms with Gasteiger partial charge < -0.3 is 10.1 Å². The highest BCUT2D eigenvalue weighted by atomic mass is 32.2. The van der Waals surface area contributed by atoms with Gasteiger partial charge in [0.15, 0.2) is 5.17 Å². The van der Waals surface area contributed by atoms with E-state index < -0.39 is 5.25 Å². The third-order valence-electron chi connectivity index (χ3n) is 6.06. The summed E-state index contributed by atoms with van der Waals surface area (Å²) in [5.74, 6) is -0.0807. The van der Waals surface area contributed by atoms with Gasteiger partial charge in [0.2, 0.25) is 11.8 Å². The van der Waals surface area contributed by atoms with Crippen molar-refractivity contribution in [1.29, 1.82) is 0 Å². The number of benzene rings is 3. The molecular weight excluding hydrogens is 501 g/mol. The summed E-state index contributed by atoms with van der Waals surface area (Å²) in [6.45, 7) is 3.18. The number of thioether (sulfide) groups is 1. The lowest BCUT2D eigenvalue weighted by Crippen LogP contribution is -2.44. The second kappa shape index (κ2) is 13.8. The third-order valence-corrected chi connectivity index (χ3v) is 7.24. The third kappa shape index (κ3) is 7.92. The zero-order valence-corrected chi connectivity index (χ0v) is 22.3. The SMILES string of the molecule is CCCCCCOc1ccc(NC(=O)C2CC(=O)N(Cc3ccccc3)C(=Nc3ccc(F)cc3)S2)cc1. The maximum Gasteiger partial charge on any atom is 0.238 e. The molecule has 198 valence electrons. The summed E-state index contributed by atoms with van der Waals surface area (Å²) in [6.07, 6.45) is 4.60. The molecule has 0 bridgehead atoms. The molecule has 0 spiro atoms. The smallest absolute Gasteiger partial charge is 0.238 e. The maximum absolute atomic E-state index is 13.4. The molecule has 1 saturated heterocycles. The topological polar surface area (TPSA) is 71.0 Å². The number of nitrogens with one attached hydrogen (secondary N) is 1. The number of aliphatic imine (C=N–C) groups is 1. The standard InChI is InChI=1S/C30H32FN3O3S/c1-2-3-4-8-19-37-26-17-15-24(16-18-26)32-29(36)27-20-28(35)34(21-22-9-6-5-7-10-22)30(38-27)33-25-13-11-23(31)12-14-25/h5-7,9-18,27H,2-4,8,19-21H2,1H3,(H,32,36). The lowest BCUT2D eigenvalue weighted by atomic mass is 10.2. The molecule has 1 atom stereocenters. The fourth-order valence-electron chi connectivity index (χ4n) is 3.96. The Labute approximate surface area is 227 Å². The number of halogens is 1. The molecule has 8 heteroatoms. The second-order valence-electron chi connectivity index (χ2n) is 9.07. The van der Waals surface area contributed by atoms with Crippen LogP contribution in [0.15, 0.2) is 83.9 Å². The molecule has 6 nitrogen and oxygen atoms in total. The van der Waals surface area contributed by atoms with Crippen molar-refractivity contribution in [3.05, 3.63) is 90.2 Å². The molecular formula is C30H32FN3O3S. The van der Waals surface area contributed by atoms with Gasteiger partial charge >= 0.3 is 0 Å². The number of amides is 2. The van der Waals surface area contributed by atoms with Crippen LogP contribution in [-0.2, 0) is 16.1 Å². The van der Waals surface area contributed by atoms with Crippen molar-refractivity contribution < 1.29 is 18.7 Å². The lowest BCUT2D eigenvalue weighted by molar-refractivity contribution is -0.129. The highest BCUT2D eigenvalue weighted by Crippen LogP contribution is 2.31. The van der Waals surface area contributed by atoms with E-state index in [0.29, 0.717) is 29.7 Å². The number of hydrogen-bond acceptors (Lipinski definition) is 5. The van der Waals surface area contributed by atoms with Gasteiger partial charge in [0.25, 0.3) is 0 Å². The minimum atomic E-state index is -0.650. The molecule has 4 rings (SSSR count). The summed E-state index contributed by atoms with van der Waals surface area (Å²) in [6, 6.07) is 22.6. The van der Waals surface area contributed by atoms with Gasteiger partial charge in [-0.05, 0) is 60.5 Å². The van der Waals surface area contributed by atoms with Crippen molar-refractivity contribution >= 4 is 40.1 Å². The quantitative estimate of drug-likeness (QED) is 0.271. The molecule has 0 saturated carbocycles. The van der Waals surface area contributed by atoms with Gasteiger partial charge in [-0.2, -0.15) is 0 Å². The summed E-state index contributed by atoms with van der Waals surface area (Å²) < 4.78 is 19.2. The van der Waals surface area contributed by atoms with E-state index in [-0.39, 0.29) is 24.1 Å². The molecule has 1 fully saturated rings. The average molecular weight is 534 g/mol. The van der Waals surface area contributed by atoms with Crippen LogP contribution in [0.25, 0.3) is 0 Å². The maximum atomic E-state index is 13.4. The second-order valence-corrected chi connectivity index (χ2v) is 10.2. The van der Waals surface area contributed by atoms with Crippen LogP contribution in [0.2, 0.25) is 0 Å². The van der Waals surface area contributed by atoms with Crippen LogP contribution in [0, 0.1) is 5.82 Å². The van der Waals surface area contributed by atoms with Crippen LogP contribution < -0.4 is 10.1 Å². The summed E-state index contributed by atoms with van der Waals surface area (Å²) in [5.41, 5.74) is 2.08. The molecule has 2 amide bonds. The highest BCUT2D eigenvalue weighted by Gasteiger charge is 2.36. The van der Waals surface area contributed by atoms with E-state index in [1.807, 2.05) is 42.5 Å². The molecule has 38 heavy (non-hydrogen) atoms. The number of unbranched alkanes of at least 4 members (excludes halogenated alkanes) is 3. The van der Waals surface area contributed by atoms with E-state index in [0.717, 1.165) is 24.2 Å².